The molecule has 2 N–H and O–H groups in total. The fourth-order valence-electron chi connectivity index (χ4n) is 2.56. The topological polar surface area (TPSA) is 67.1 Å². The second-order valence-electron chi connectivity index (χ2n) is 5.83. The van der Waals surface area contributed by atoms with E-state index in [2.05, 4.69) is 25.6 Å². The summed E-state index contributed by atoms with van der Waals surface area (Å²) in [5.74, 6) is 0.563. The van der Waals surface area contributed by atoms with Gasteiger partial charge in [-0.1, -0.05) is 18.2 Å². The lowest BCUT2D eigenvalue weighted by atomic mass is 10.1. The van der Waals surface area contributed by atoms with E-state index in [0.717, 1.165) is 28.0 Å². The van der Waals surface area contributed by atoms with Gasteiger partial charge in [-0.05, 0) is 11.6 Å². The number of aliphatic imine (C=N–C) groups is 1. The summed E-state index contributed by atoms with van der Waals surface area (Å²) in [7, 11) is 1.64. The van der Waals surface area contributed by atoms with Crippen LogP contribution in [0, 0.1) is 0 Å². The number of hydrogen-bond acceptors (Lipinski definition) is 4. The van der Waals surface area contributed by atoms with E-state index < -0.39 is 11.9 Å². The number of hydrogen-bond donors (Lipinski definition) is 2. The van der Waals surface area contributed by atoms with Crippen LogP contribution in [0.25, 0.3) is 5.69 Å². The van der Waals surface area contributed by atoms with Crippen LogP contribution in [0.5, 0.6) is 0 Å². The van der Waals surface area contributed by atoms with Crippen molar-refractivity contribution in [2.45, 2.75) is 19.1 Å². The quantitative estimate of drug-likeness (QED) is 0.485. The first kappa shape index (κ1) is 19.9. The number of thiazole rings is 1. The van der Waals surface area contributed by atoms with Crippen molar-refractivity contribution >= 4 is 17.3 Å². The summed E-state index contributed by atoms with van der Waals surface area (Å²) >= 11 is 1.01. The zero-order valence-corrected chi connectivity index (χ0v) is 15.9. The number of imidazole rings is 1. The van der Waals surface area contributed by atoms with Crippen LogP contribution in [0.2, 0.25) is 0 Å². The zero-order valence-electron chi connectivity index (χ0n) is 15.1. The van der Waals surface area contributed by atoms with E-state index in [1.54, 1.807) is 19.6 Å². The van der Waals surface area contributed by atoms with Crippen molar-refractivity contribution < 1.29 is 13.2 Å². The molecule has 1 aromatic carbocycles. The number of benzene rings is 1. The van der Waals surface area contributed by atoms with Gasteiger partial charge in [-0.25, -0.2) is 9.97 Å². The molecule has 3 rings (SSSR count). The summed E-state index contributed by atoms with van der Waals surface area (Å²) in [4.78, 5) is 11.8. The molecule has 0 saturated heterocycles. The SMILES string of the molecule is CN=C(NCCc1nc(C(F)(F)F)cs1)NCc1ccccc1-n1ccnc1. The largest absolute Gasteiger partial charge is 0.434 e. The summed E-state index contributed by atoms with van der Waals surface area (Å²) in [6, 6.07) is 7.91. The highest BCUT2D eigenvalue weighted by Crippen LogP contribution is 2.30. The van der Waals surface area contributed by atoms with Crippen LogP contribution in [0.3, 0.4) is 0 Å². The Hall–Kier alpha value is -2.88. The monoisotopic (exact) mass is 408 g/mol. The summed E-state index contributed by atoms with van der Waals surface area (Å²) in [5, 5.41) is 7.78. The van der Waals surface area contributed by atoms with Crippen molar-refractivity contribution in [3.63, 3.8) is 0 Å². The Bertz CT molecular complexity index is 918. The molecule has 0 aliphatic heterocycles. The van der Waals surface area contributed by atoms with E-state index in [-0.39, 0.29) is 0 Å². The Balaban J connectivity index is 1.53. The molecule has 0 bridgehead atoms. The summed E-state index contributed by atoms with van der Waals surface area (Å²) in [5.41, 5.74) is 1.22. The molecule has 28 heavy (non-hydrogen) atoms. The van der Waals surface area contributed by atoms with Crippen LogP contribution in [0.15, 0.2) is 53.4 Å². The number of alkyl halides is 3. The lowest BCUT2D eigenvalue weighted by Crippen LogP contribution is -2.38. The van der Waals surface area contributed by atoms with Gasteiger partial charge in [0.15, 0.2) is 11.7 Å². The smallest absolute Gasteiger partial charge is 0.356 e. The molecule has 0 unspecified atom stereocenters. The molecule has 0 aliphatic rings. The van der Waals surface area contributed by atoms with E-state index in [0.29, 0.717) is 30.5 Å². The van der Waals surface area contributed by atoms with Crippen molar-refractivity contribution in [1.29, 1.82) is 0 Å². The van der Waals surface area contributed by atoms with Crippen molar-refractivity contribution in [3.05, 3.63) is 64.6 Å². The Morgan fingerprint density at radius 1 is 1.25 bits per heavy atom. The van der Waals surface area contributed by atoms with Crippen LogP contribution in [0.4, 0.5) is 13.2 Å². The lowest BCUT2D eigenvalue weighted by Gasteiger charge is -2.14. The van der Waals surface area contributed by atoms with Crippen LogP contribution in [-0.2, 0) is 19.1 Å². The molecule has 0 aliphatic carbocycles. The standard InChI is InChI=1S/C18H19F3N6S/c1-22-17(24-7-6-16-26-15(11-28-16)18(19,20)21)25-10-13-4-2-3-5-14(13)27-9-8-23-12-27/h2-5,8-9,11-12H,6-7,10H2,1H3,(H2,22,24,25). The van der Waals surface area contributed by atoms with Gasteiger partial charge in [0.1, 0.15) is 0 Å². The average Bonchev–Trinajstić information content (AvgIpc) is 3.36. The van der Waals surface area contributed by atoms with Crippen molar-refractivity contribution in [1.82, 2.24) is 25.2 Å². The number of guanidine groups is 1. The maximum Gasteiger partial charge on any atom is 0.434 e. The van der Waals surface area contributed by atoms with Crippen LogP contribution in [0.1, 0.15) is 16.3 Å². The molecule has 0 radical (unpaired) electrons. The fraction of sp³-hybridized carbons (Fsp3) is 0.278. The molecule has 0 saturated carbocycles. The molecule has 0 spiro atoms. The van der Waals surface area contributed by atoms with Gasteiger partial charge in [0.05, 0.1) is 17.0 Å². The maximum absolute atomic E-state index is 12.6. The highest BCUT2D eigenvalue weighted by Gasteiger charge is 2.33. The molecule has 148 valence electrons. The van der Waals surface area contributed by atoms with Crippen LogP contribution < -0.4 is 10.6 Å². The minimum Gasteiger partial charge on any atom is -0.356 e. The van der Waals surface area contributed by atoms with Crippen molar-refractivity contribution in [2.24, 2.45) is 4.99 Å². The number of para-hydroxylation sites is 1. The normalized spacial score (nSPS) is 12.2. The van der Waals surface area contributed by atoms with Gasteiger partial charge in [-0.2, -0.15) is 13.2 Å². The molecule has 6 nitrogen and oxygen atoms in total. The first-order valence-corrected chi connectivity index (χ1v) is 9.37. The number of halogens is 3. The van der Waals surface area contributed by atoms with E-state index in [9.17, 15) is 13.2 Å². The van der Waals surface area contributed by atoms with Crippen molar-refractivity contribution in [3.8, 4) is 5.69 Å². The lowest BCUT2D eigenvalue weighted by molar-refractivity contribution is -0.140. The van der Waals surface area contributed by atoms with Gasteiger partial charge in [0.25, 0.3) is 0 Å². The third-order valence-corrected chi connectivity index (χ3v) is 4.83. The Morgan fingerprint density at radius 2 is 2.07 bits per heavy atom. The number of rotatable bonds is 6. The van der Waals surface area contributed by atoms with Gasteiger partial charge in [0.2, 0.25) is 0 Å². The van der Waals surface area contributed by atoms with Crippen molar-refractivity contribution in [2.75, 3.05) is 13.6 Å². The molecule has 10 heteroatoms. The second kappa shape index (κ2) is 8.87. The highest BCUT2D eigenvalue weighted by atomic mass is 32.1. The Labute approximate surface area is 164 Å². The predicted molar refractivity (Wildman–Crippen MR) is 103 cm³/mol. The van der Waals surface area contributed by atoms with E-state index >= 15 is 0 Å². The number of nitrogens with zero attached hydrogens (tertiary/aromatic N) is 4. The minimum atomic E-state index is -4.40. The maximum atomic E-state index is 12.6. The molecule has 3 aromatic rings. The Morgan fingerprint density at radius 3 is 2.75 bits per heavy atom. The summed E-state index contributed by atoms with van der Waals surface area (Å²) in [6.07, 6.45) is 1.30. The highest BCUT2D eigenvalue weighted by molar-refractivity contribution is 7.09. The van der Waals surface area contributed by atoms with Crippen LogP contribution in [-0.4, -0.2) is 34.1 Å². The van der Waals surface area contributed by atoms with Gasteiger partial charge in [-0.15, -0.1) is 11.3 Å². The van der Waals surface area contributed by atoms with Crippen LogP contribution >= 0.6 is 11.3 Å². The van der Waals surface area contributed by atoms with Gasteiger partial charge < -0.3 is 15.2 Å². The van der Waals surface area contributed by atoms with E-state index in [4.69, 9.17) is 0 Å². The molecule has 2 aromatic heterocycles. The number of nitrogens with one attached hydrogen (secondary N) is 2. The van der Waals surface area contributed by atoms with Gasteiger partial charge >= 0.3 is 6.18 Å². The second-order valence-corrected chi connectivity index (χ2v) is 6.77. The summed E-state index contributed by atoms with van der Waals surface area (Å²) in [6.45, 7) is 0.956. The molecule has 0 fully saturated rings. The summed E-state index contributed by atoms with van der Waals surface area (Å²) < 4.78 is 39.7. The molecule has 0 amide bonds. The molecular formula is C18H19F3N6S. The first-order valence-electron chi connectivity index (χ1n) is 8.49. The molecule has 2 heterocycles. The van der Waals surface area contributed by atoms with Gasteiger partial charge in [0, 0.05) is 44.3 Å². The van der Waals surface area contributed by atoms with E-state index in [1.807, 2.05) is 35.0 Å². The fourth-order valence-corrected chi connectivity index (χ4v) is 3.36. The Kier molecular flexibility index (Phi) is 6.30. The third-order valence-electron chi connectivity index (χ3n) is 3.92. The molecular weight excluding hydrogens is 389 g/mol. The third kappa shape index (κ3) is 5.10. The molecule has 0 atom stereocenters. The van der Waals surface area contributed by atoms with Gasteiger partial charge in [-0.3, -0.25) is 4.99 Å². The van der Waals surface area contributed by atoms with E-state index in [1.165, 1.54) is 0 Å². The average molecular weight is 408 g/mol. The first-order chi connectivity index (χ1) is 13.5. The number of aromatic nitrogens is 3. The zero-order chi connectivity index (χ0) is 20.0. The predicted octanol–water partition coefficient (Wildman–Crippen LogP) is 3.26. The minimum absolute atomic E-state index is 0.382.